The summed E-state index contributed by atoms with van der Waals surface area (Å²) in [6, 6.07) is 7.41. The lowest BCUT2D eigenvalue weighted by Gasteiger charge is -2.40. The van der Waals surface area contributed by atoms with Crippen molar-refractivity contribution in [2.24, 2.45) is 0 Å². The zero-order valence-corrected chi connectivity index (χ0v) is 16.4. The van der Waals surface area contributed by atoms with Crippen molar-refractivity contribution in [2.75, 3.05) is 32.8 Å². The second-order valence-corrected chi connectivity index (χ2v) is 8.07. The van der Waals surface area contributed by atoms with E-state index in [4.69, 9.17) is 9.47 Å². The molecule has 1 saturated carbocycles. The molecule has 1 unspecified atom stereocenters. The molecular formula is C21H29N3O4. The summed E-state index contributed by atoms with van der Waals surface area (Å²) in [5.74, 6) is 0.659. The van der Waals surface area contributed by atoms with Gasteiger partial charge in [0.15, 0.2) is 0 Å². The standard InChI is InChI=1S/C21H29N3O4/c1-15(24-10-12-27-13-11-24)19(25)23-16-6-8-21(9-7-16)14-22-20(26)17-4-2-3-5-18(17)28-21/h2-5,15-16H,6-14H2,1H3,(H,22,26)(H,23,25). The molecule has 2 N–H and O–H groups in total. The number of hydrogen-bond acceptors (Lipinski definition) is 5. The Kier molecular flexibility index (Phi) is 5.55. The molecule has 1 saturated heterocycles. The Morgan fingerprint density at radius 3 is 2.71 bits per heavy atom. The molecule has 2 heterocycles. The average Bonchev–Trinajstić information content (AvgIpc) is 2.87. The van der Waals surface area contributed by atoms with Crippen LogP contribution in [0.5, 0.6) is 5.75 Å². The summed E-state index contributed by atoms with van der Waals surface area (Å²) in [7, 11) is 0. The first-order valence-corrected chi connectivity index (χ1v) is 10.2. The quantitative estimate of drug-likeness (QED) is 0.818. The van der Waals surface area contributed by atoms with Crippen molar-refractivity contribution in [3.63, 3.8) is 0 Å². The number of nitrogens with one attached hydrogen (secondary N) is 2. The van der Waals surface area contributed by atoms with Crippen LogP contribution in [-0.2, 0) is 9.53 Å². The van der Waals surface area contributed by atoms with Gasteiger partial charge in [-0.3, -0.25) is 14.5 Å². The first-order valence-electron chi connectivity index (χ1n) is 10.2. The van der Waals surface area contributed by atoms with E-state index in [1.165, 1.54) is 0 Å². The van der Waals surface area contributed by atoms with Crippen molar-refractivity contribution in [3.05, 3.63) is 29.8 Å². The van der Waals surface area contributed by atoms with E-state index in [1.54, 1.807) is 6.07 Å². The van der Waals surface area contributed by atoms with Gasteiger partial charge in [0, 0.05) is 19.1 Å². The average molecular weight is 387 g/mol. The molecule has 0 radical (unpaired) electrons. The first kappa shape index (κ1) is 19.2. The molecule has 2 fully saturated rings. The summed E-state index contributed by atoms with van der Waals surface area (Å²) in [4.78, 5) is 27.1. The molecule has 0 bridgehead atoms. The van der Waals surface area contributed by atoms with Crippen LogP contribution in [-0.4, -0.2) is 67.2 Å². The van der Waals surface area contributed by atoms with E-state index in [-0.39, 0.29) is 29.5 Å². The summed E-state index contributed by atoms with van der Waals surface area (Å²) >= 11 is 0. The summed E-state index contributed by atoms with van der Waals surface area (Å²) in [6.45, 7) is 5.45. The molecule has 1 spiro atoms. The van der Waals surface area contributed by atoms with Gasteiger partial charge in [-0.15, -0.1) is 0 Å². The van der Waals surface area contributed by atoms with Crippen molar-refractivity contribution in [3.8, 4) is 5.75 Å². The van der Waals surface area contributed by atoms with E-state index in [0.717, 1.165) is 38.8 Å². The van der Waals surface area contributed by atoms with Crippen LogP contribution >= 0.6 is 0 Å². The van der Waals surface area contributed by atoms with Gasteiger partial charge >= 0.3 is 0 Å². The molecule has 3 aliphatic rings. The van der Waals surface area contributed by atoms with Crippen LogP contribution in [0.1, 0.15) is 43.0 Å². The van der Waals surface area contributed by atoms with Gasteiger partial charge in [0.05, 0.1) is 31.4 Å². The summed E-state index contributed by atoms with van der Waals surface area (Å²) < 4.78 is 11.7. The summed E-state index contributed by atoms with van der Waals surface area (Å²) in [5, 5.41) is 6.23. The normalized spacial score (nSPS) is 29.2. The van der Waals surface area contributed by atoms with Crippen LogP contribution in [0.4, 0.5) is 0 Å². The largest absolute Gasteiger partial charge is 0.485 e. The van der Waals surface area contributed by atoms with Crippen molar-refractivity contribution >= 4 is 11.8 Å². The second-order valence-electron chi connectivity index (χ2n) is 8.07. The van der Waals surface area contributed by atoms with Crippen molar-refractivity contribution in [2.45, 2.75) is 50.3 Å². The molecule has 152 valence electrons. The van der Waals surface area contributed by atoms with Gasteiger partial charge in [0.1, 0.15) is 11.4 Å². The Balaban J connectivity index is 1.34. The van der Waals surface area contributed by atoms with Gasteiger partial charge in [0.25, 0.3) is 5.91 Å². The molecule has 0 aromatic heterocycles. The van der Waals surface area contributed by atoms with Crippen molar-refractivity contribution in [1.82, 2.24) is 15.5 Å². The fraction of sp³-hybridized carbons (Fsp3) is 0.619. The van der Waals surface area contributed by atoms with Gasteiger partial charge in [-0.2, -0.15) is 0 Å². The molecule has 1 atom stereocenters. The minimum atomic E-state index is -0.390. The number of amides is 2. The lowest BCUT2D eigenvalue weighted by molar-refractivity contribution is -0.128. The highest BCUT2D eigenvalue weighted by Crippen LogP contribution is 2.36. The van der Waals surface area contributed by atoms with Gasteiger partial charge in [-0.1, -0.05) is 12.1 Å². The first-order chi connectivity index (χ1) is 13.6. The van der Waals surface area contributed by atoms with Gasteiger partial charge < -0.3 is 20.1 Å². The third-order valence-corrected chi connectivity index (χ3v) is 6.25. The summed E-state index contributed by atoms with van der Waals surface area (Å²) in [5.41, 5.74) is 0.202. The van der Waals surface area contributed by atoms with E-state index in [0.29, 0.717) is 31.1 Å². The van der Waals surface area contributed by atoms with Crippen LogP contribution < -0.4 is 15.4 Å². The molecule has 7 nitrogen and oxygen atoms in total. The van der Waals surface area contributed by atoms with Crippen LogP contribution in [0.15, 0.2) is 24.3 Å². The highest BCUT2D eigenvalue weighted by molar-refractivity contribution is 5.97. The fourth-order valence-electron chi connectivity index (χ4n) is 4.37. The lowest BCUT2D eigenvalue weighted by Crippen LogP contribution is -2.54. The number of rotatable bonds is 3. The zero-order chi connectivity index (χ0) is 19.6. The van der Waals surface area contributed by atoms with E-state index in [9.17, 15) is 9.59 Å². The van der Waals surface area contributed by atoms with Crippen molar-refractivity contribution < 1.29 is 19.1 Å². The van der Waals surface area contributed by atoms with E-state index in [1.807, 2.05) is 25.1 Å². The molecule has 1 aromatic carbocycles. The lowest BCUT2D eigenvalue weighted by atomic mass is 9.81. The van der Waals surface area contributed by atoms with Crippen molar-refractivity contribution in [1.29, 1.82) is 0 Å². The number of para-hydroxylation sites is 1. The van der Waals surface area contributed by atoms with Crippen LogP contribution in [0, 0.1) is 0 Å². The highest BCUT2D eigenvalue weighted by atomic mass is 16.5. The molecule has 28 heavy (non-hydrogen) atoms. The number of nitrogens with zero attached hydrogens (tertiary/aromatic N) is 1. The number of ether oxygens (including phenoxy) is 2. The predicted octanol–water partition coefficient (Wildman–Crippen LogP) is 1.33. The van der Waals surface area contributed by atoms with Gasteiger partial charge in [-0.05, 0) is 44.7 Å². The van der Waals surface area contributed by atoms with Crippen LogP contribution in [0.2, 0.25) is 0 Å². The minimum absolute atomic E-state index is 0.0813. The van der Waals surface area contributed by atoms with Gasteiger partial charge in [-0.25, -0.2) is 0 Å². The minimum Gasteiger partial charge on any atom is -0.485 e. The maximum absolute atomic E-state index is 12.7. The molecule has 1 aliphatic carbocycles. The van der Waals surface area contributed by atoms with Gasteiger partial charge in [0.2, 0.25) is 5.91 Å². The third-order valence-electron chi connectivity index (χ3n) is 6.25. The SMILES string of the molecule is CC(C(=O)NC1CCC2(CC1)CNC(=O)c1ccccc1O2)N1CCOCC1. The second kappa shape index (κ2) is 8.09. The van der Waals surface area contributed by atoms with Crippen LogP contribution in [0.25, 0.3) is 0 Å². The zero-order valence-electron chi connectivity index (χ0n) is 16.4. The number of hydrogen-bond donors (Lipinski definition) is 2. The molecule has 1 aromatic rings. The van der Waals surface area contributed by atoms with E-state index >= 15 is 0 Å². The molecule has 4 rings (SSSR count). The highest BCUT2D eigenvalue weighted by Gasteiger charge is 2.41. The Labute approximate surface area is 165 Å². The Morgan fingerprint density at radius 2 is 1.96 bits per heavy atom. The predicted molar refractivity (Wildman–Crippen MR) is 104 cm³/mol. The summed E-state index contributed by atoms with van der Waals surface area (Å²) in [6.07, 6.45) is 3.30. The molecule has 2 aliphatic heterocycles. The molecular weight excluding hydrogens is 358 g/mol. The van der Waals surface area contributed by atoms with E-state index < -0.39 is 0 Å². The maximum atomic E-state index is 12.7. The Bertz CT molecular complexity index is 724. The number of morpholine rings is 1. The third kappa shape index (κ3) is 4.00. The number of carbonyl (C=O) groups is 2. The number of carbonyl (C=O) groups excluding carboxylic acids is 2. The molecule has 7 heteroatoms. The topological polar surface area (TPSA) is 79.9 Å². The number of benzene rings is 1. The Hall–Kier alpha value is -2.12. The Morgan fingerprint density at radius 1 is 1.25 bits per heavy atom. The van der Waals surface area contributed by atoms with Crippen LogP contribution in [0.3, 0.4) is 0 Å². The fourth-order valence-corrected chi connectivity index (χ4v) is 4.37. The number of fused-ring (bicyclic) bond motifs is 1. The molecule has 2 amide bonds. The maximum Gasteiger partial charge on any atom is 0.255 e. The van der Waals surface area contributed by atoms with E-state index in [2.05, 4.69) is 15.5 Å². The monoisotopic (exact) mass is 387 g/mol. The smallest absolute Gasteiger partial charge is 0.255 e.